The van der Waals surface area contributed by atoms with E-state index in [1.807, 2.05) is 24.3 Å². The first-order valence-corrected chi connectivity index (χ1v) is 15.6. The number of hydrogen-bond donors (Lipinski definition) is 2. The molecule has 1 aromatic heterocycles. The maximum absolute atomic E-state index is 12.8. The standard InChI is InChI=1S/C33H27ClN2O7S/c34-25-14-18-27(19-15-25)44(40,41)21-3-4-22-9-16-26(17-10-22)42-32(33(38)39)36-31(37)24-12-7-23(8-13-24)11-20-30-35-28-5-1-2-6-29(28)43-30/h1-2,5-20,32H,3-4,21H2,(H,36,37)(H,38,39). The van der Waals surface area contributed by atoms with E-state index >= 15 is 0 Å². The van der Waals surface area contributed by atoms with Gasteiger partial charge in [0.15, 0.2) is 15.4 Å². The molecule has 11 heteroatoms. The number of nitrogens with zero attached hydrogens (tertiary/aromatic N) is 1. The molecule has 4 aromatic carbocycles. The Hall–Kier alpha value is -4.93. The van der Waals surface area contributed by atoms with E-state index in [0.29, 0.717) is 29.3 Å². The van der Waals surface area contributed by atoms with E-state index in [-0.39, 0.29) is 22.0 Å². The minimum absolute atomic E-state index is 0.0320. The lowest BCUT2D eigenvalue weighted by Gasteiger charge is -2.17. The Morgan fingerprint density at radius 2 is 1.64 bits per heavy atom. The Morgan fingerprint density at radius 3 is 2.32 bits per heavy atom. The molecule has 1 unspecified atom stereocenters. The number of benzene rings is 4. The number of para-hydroxylation sites is 2. The molecule has 5 rings (SSSR count). The van der Waals surface area contributed by atoms with Crippen LogP contribution in [0.15, 0.2) is 106 Å². The molecule has 1 atom stereocenters. The third kappa shape index (κ3) is 7.91. The van der Waals surface area contributed by atoms with Crippen LogP contribution < -0.4 is 10.1 Å². The van der Waals surface area contributed by atoms with E-state index in [1.54, 1.807) is 60.7 Å². The molecule has 0 fully saturated rings. The molecule has 0 saturated carbocycles. The Bertz CT molecular complexity index is 1870. The summed E-state index contributed by atoms with van der Waals surface area (Å²) in [6.45, 7) is 0. The van der Waals surface area contributed by atoms with Crippen LogP contribution in [0.1, 0.15) is 33.8 Å². The number of carboxylic acid groups (broad SMARTS) is 1. The van der Waals surface area contributed by atoms with Crippen LogP contribution in [0.25, 0.3) is 23.3 Å². The predicted molar refractivity (Wildman–Crippen MR) is 167 cm³/mol. The quantitative estimate of drug-likeness (QED) is 0.154. The number of fused-ring (bicyclic) bond motifs is 1. The second kappa shape index (κ2) is 13.6. The molecule has 0 saturated heterocycles. The van der Waals surface area contributed by atoms with Crippen LogP contribution in [-0.4, -0.2) is 42.4 Å². The SMILES string of the molecule is O=C(NC(Oc1ccc(CCCS(=O)(=O)c2ccc(Cl)cc2)cc1)C(=O)O)c1ccc(C=Cc2nc3ccccc3o2)cc1. The van der Waals surface area contributed by atoms with E-state index in [4.69, 9.17) is 20.8 Å². The highest BCUT2D eigenvalue weighted by Crippen LogP contribution is 2.20. The molecule has 5 aromatic rings. The number of aryl methyl sites for hydroxylation is 1. The molecule has 0 spiro atoms. The normalized spacial score (nSPS) is 12.3. The third-order valence-corrected chi connectivity index (χ3v) is 8.69. The molecule has 224 valence electrons. The van der Waals surface area contributed by atoms with Crippen molar-refractivity contribution in [3.63, 3.8) is 0 Å². The number of oxazole rings is 1. The summed E-state index contributed by atoms with van der Waals surface area (Å²) in [5.74, 6) is -1.34. The Labute approximate surface area is 258 Å². The number of hydrogen-bond acceptors (Lipinski definition) is 7. The Balaban J connectivity index is 1.13. The topological polar surface area (TPSA) is 136 Å². The highest BCUT2D eigenvalue weighted by Gasteiger charge is 2.23. The van der Waals surface area contributed by atoms with Crippen LogP contribution in [0.2, 0.25) is 5.02 Å². The van der Waals surface area contributed by atoms with Crippen molar-refractivity contribution < 1.29 is 32.3 Å². The number of carboxylic acids is 1. The zero-order chi connectivity index (χ0) is 31.1. The van der Waals surface area contributed by atoms with E-state index in [0.717, 1.165) is 16.6 Å². The highest BCUT2D eigenvalue weighted by atomic mass is 35.5. The number of carbonyl (C=O) groups excluding carboxylic acids is 1. The van der Waals surface area contributed by atoms with Crippen LogP contribution in [0, 0.1) is 0 Å². The molecule has 0 radical (unpaired) electrons. The number of amides is 1. The number of carbonyl (C=O) groups is 2. The highest BCUT2D eigenvalue weighted by molar-refractivity contribution is 7.91. The summed E-state index contributed by atoms with van der Waals surface area (Å²) in [7, 11) is -3.44. The molecular weight excluding hydrogens is 604 g/mol. The molecule has 2 N–H and O–H groups in total. The summed E-state index contributed by atoms with van der Waals surface area (Å²) in [6.07, 6.45) is 2.77. The van der Waals surface area contributed by atoms with Crippen molar-refractivity contribution in [3.05, 3.63) is 125 Å². The van der Waals surface area contributed by atoms with Crippen LogP contribution >= 0.6 is 11.6 Å². The van der Waals surface area contributed by atoms with Crippen molar-refractivity contribution in [1.29, 1.82) is 0 Å². The van der Waals surface area contributed by atoms with Gasteiger partial charge in [-0.1, -0.05) is 48.0 Å². The van der Waals surface area contributed by atoms with Gasteiger partial charge in [0, 0.05) is 16.7 Å². The summed E-state index contributed by atoms with van der Waals surface area (Å²) < 4.78 is 36.2. The van der Waals surface area contributed by atoms with Gasteiger partial charge in [-0.05, 0) is 90.7 Å². The van der Waals surface area contributed by atoms with E-state index in [1.165, 1.54) is 24.3 Å². The fourth-order valence-corrected chi connectivity index (χ4v) is 5.75. The lowest BCUT2D eigenvalue weighted by atomic mass is 10.1. The number of aromatic nitrogens is 1. The summed E-state index contributed by atoms with van der Waals surface area (Å²) in [5.41, 5.74) is 3.33. The van der Waals surface area contributed by atoms with Crippen LogP contribution in [0.4, 0.5) is 0 Å². The lowest BCUT2D eigenvalue weighted by molar-refractivity contribution is -0.146. The Kier molecular flexibility index (Phi) is 9.42. The van der Waals surface area contributed by atoms with Gasteiger partial charge in [0.25, 0.3) is 12.1 Å². The van der Waals surface area contributed by atoms with Crippen LogP contribution in [0.3, 0.4) is 0 Å². The van der Waals surface area contributed by atoms with Crippen LogP contribution in [-0.2, 0) is 21.1 Å². The summed E-state index contributed by atoms with van der Waals surface area (Å²) in [6, 6.07) is 26.6. The molecule has 44 heavy (non-hydrogen) atoms. The van der Waals surface area contributed by atoms with Crippen molar-refractivity contribution >= 4 is 56.6 Å². The first-order chi connectivity index (χ1) is 21.2. The summed E-state index contributed by atoms with van der Waals surface area (Å²) in [5, 5.41) is 12.5. The zero-order valence-corrected chi connectivity index (χ0v) is 24.8. The third-order valence-electron chi connectivity index (χ3n) is 6.62. The van der Waals surface area contributed by atoms with Gasteiger partial charge < -0.3 is 19.6 Å². The second-order valence-electron chi connectivity index (χ2n) is 9.81. The van der Waals surface area contributed by atoms with Gasteiger partial charge in [-0.25, -0.2) is 18.2 Å². The number of halogens is 1. The molecule has 0 aliphatic heterocycles. The van der Waals surface area contributed by atoms with Gasteiger partial charge in [0.2, 0.25) is 5.89 Å². The monoisotopic (exact) mass is 630 g/mol. The average molecular weight is 631 g/mol. The fourth-order valence-electron chi connectivity index (χ4n) is 4.32. The number of ether oxygens (including phenoxy) is 1. The van der Waals surface area contributed by atoms with E-state index in [2.05, 4.69) is 10.3 Å². The number of nitrogens with one attached hydrogen (secondary N) is 1. The summed E-state index contributed by atoms with van der Waals surface area (Å²) >= 11 is 5.84. The zero-order valence-electron chi connectivity index (χ0n) is 23.2. The van der Waals surface area contributed by atoms with E-state index in [9.17, 15) is 23.1 Å². The van der Waals surface area contributed by atoms with Gasteiger partial charge >= 0.3 is 5.97 Å². The second-order valence-corrected chi connectivity index (χ2v) is 12.4. The van der Waals surface area contributed by atoms with Gasteiger partial charge in [0.1, 0.15) is 11.3 Å². The molecule has 1 heterocycles. The molecule has 1 amide bonds. The molecular formula is C33H27ClN2O7S. The number of rotatable bonds is 12. The smallest absolute Gasteiger partial charge is 0.366 e. The van der Waals surface area contributed by atoms with Crippen LogP contribution in [0.5, 0.6) is 5.75 Å². The van der Waals surface area contributed by atoms with Crippen molar-refractivity contribution in [3.8, 4) is 5.75 Å². The Morgan fingerprint density at radius 1 is 0.932 bits per heavy atom. The van der Waals surface area contributed by atoms with Gasteiger partial charge in [-0.2, -0.15) is 0 Å². The molecule has 0 bridgehead atoms. The predicted octanol–water partition coefficient (Wildman–Crippen LogP) is 6.28. The van der Waals surface area contributed by atoms with Crippen molar-refractivity contribution in [2.45, 2.75) is 24.0 Å². The van der Waals surface area contributed by atoms with Crippen molar-refractivity contribution in [2.75, 3.05) is 5.75 Å². The minimum atomic E-state index is -3.44. The van der Waals surface area contributed by atoms with Crippen molar-refractivity contribution in [1.82, 2.24) is 10.3 Å². The fraction of sp³-hybridized carbons (Fsp3) is 0.121. The molecule has 0 aliphatic carbocycles. The van der Waals surface area contributed by atoms with Gasteiger partial charge in [-0.15, -0.1) is 0 Å². The number of aliphatic carboxylic acids is 1. The summed E-state index contributed by atoms with van der Waals surface area (Å²) in [4.78, 5) is 29.2. The lowest BCUT2D eigenvalue weighted by Crippen LogP contribution is -2.44. The number of sulfone groups is 1. The van der Waals surface area contributed by atoms with Crippen molar-refractivity contribution in [2.24, 2.45) is 0 Å². The minimum Gasteiger partial charge on any atom is -0.477 e. The molecule has 0 aliphatic rings. The van der Waals surface area contributed by atoms with Gasteiger partial charge in [-0.3, -0.25) is 4.79 Å². The maximum Gasteiger partial charge on any atom is 0.366 e. The van der Waals surface area contributed by atoms with Gasteiger partial charge in [0.05, 0.1) is 10.6 Å². The van der Waals surface area contributed by atoms with E-state index < -0.39 is 27.9 Å². The first-order valence-electron chi connectivity index (χ1n) is 13.6. The maximum atomic E-state index is 12.8. The first kappa shape index (κ1) is 30.5. The average Bonchev–Trinajstić information content (AvgIpc) is 3.44. The molecule has 9 nitrogen and oxygen atoms in total. The largest absolute Gasteiger partial charge is 0.477 e.